The molecule has 0 aliphatic heterocycles. The molecule has 3 aromatic rings. The summed E-state index contributed by atoms with van der Waals surface area (Å²) in [5, 5.41) is 1.25. The van der Waals surface area contributed by atoms with E-state index in [9.17, 15) is 0 Å². The molecule has 96 valence electrons. The van der Waals surface area contributed by atoms with Crippen LogP contribution in [0.4, 0.5) is 0 Å². The first-order valence-corrected chi connectivity index (χ1v) is 7.06. The molecule has 0 bridgehead atoms. The molecular weight excluding hydrogens is 254 g/mol. The van der Waals surface area contributed by atoms with Crippen molar-refractivity contribution in [3.8, 4) is 5.75 Å². The first kappa shape index (κ1) is 12.2. The van der Waals surface area contributed by atoms with Gasteiger partial charge >= 0.3 is 0 Å². The SMILES string of the molecule is NCc1cccc2sc(COc3ccccc3)cc12. The average molecular weight is 269 g/mol. The third-order valence-corrected chi connectivity index (χ3v) is 4.12. The van der Waals surface area contributed by atoms with E-state index >= 15 is 0 Å². The molecule has 0 radical (unpaired) electrons. The zero-order valence-corrected chi connectivity index (χ0v) is 11.3. The summed E-state index contributed by atoms with van der Waals surface area (Å²) in [6, 6.07) is 18.3. The highest BCUT2D eigenvalue weighted by Crippen LogP contribution is 2.29. The second-order valence-corrected chi connectivity index (χ2v) is 5.52. The number of benzene rings is 2. The Balaban J connectivity index is 1.82. The molecule has 0 unspecified atom stereocenters. The lowest BCUT2D eigenvalue weighted by Crippen LogP contribution is -1.95. The largest absolute Gasteiger partial charge is 0.488 e. The predicted molar refractivity (Wildman–Crippen MR) is 80.5 cm³/mol. The number of nitrogens with two attached hydrogens (primary N) is 1. The van der Waals surface area contributed by atoms with Crippen LogP contribution in [0.3, 0.4) is 0 Å². The molecule has 0 fully saturated rings. The highest BCUT2D eigenvalue weighted by molar-refractivity contribution is 7.19. The van der Waals surface area contributed by atoms with Crippen LogP contribution >= 0.6 is 11.3 Å². The van der Waals surface area contributed by atoms with Gasteiger partial charge in [-0.3, -0.25) is 0 Å². The van der Waals surface area contributed by atoms with E-state index in [-0.39, 0.29) is 0 Å². The number of para-hydroxylation sites is 1. The van der Waals surface area contributed by atoms with Crippen LogP contribution in [0.5, 0.6) is 5.75 Å². The van der Waals surface area contributed by atoms with Crippen LogP contribution in [-0.2, 0) is 13.2 Å². The fourth-order valence-corrected chi connectivity index (χ4v) is 3.12. The molecule has 3 heteroatoms. The van der Waals surface area contributed by atoms with Gasteiger partial charge in [0.1, 0.15) is 12.4 Å². The summed E-state index contributed by atoms with van der Waals surface area (Å²) >= 11 is 1.77. The molecule has 2 nitrogen and oxygen atoms in total. The van der Waals surface area contributed by atoms with E-state index in [4.69, 9.17) is 10.5 Å². The number of hydrogen-bond donors (Lipinski definition) is 1. The second-order valence-electron chi connectivity index (χ2n) is 4.35. The Bertz CT molecular complexity index is 676. The molecule has 2 aromatic carbocycles. The molecule has 1 aromatic heterocycles. The fraction of sp³-hybridized carbons (Fsp3) is 0.125. The standard InChI is InChI=1S/C16H15NOS/c17-10-12-5-4-8-16-15(12)9-14(19-16)11-18-13-6-2-1-3-7-13/h1-9H,10-11,17H2. The maximum Gasteiger partial charge on any atom is 0.122 e. The monoisotopic (exact) mass is 269 g/mol. The minimum Gasteiger partial charge on any atom is -0.488 e. The number of hydrogen-bond acceptors (Lipinski definition) is 3. The zero-order chi connectivity index (χ0) is 13.1. The number of thiophene rings is 1. The molecule has 0 saturated heterocycles. The van der Waals surface area contributed by atoms with Gasteiger partial charge in [0.15, 0.2) is 0 Å². The Morgan fingerprint density at radius 1 is 1.00 bits per heavy atom. The molecule has 2 N–H and O–H groups in total. The molecule has 19 heavy (non-hydrogen) atoms. The van der Waals surface area contributed by atoms with Crippen molar-refractivity contribution < 1.29 is 4.74 Å². The smallest absolute Gasteiger partial charge is 0.122 e. The molecule has 0 amide bonds. The summed E-state index contributed by atoms with van der Waals surface area (Å²) < 4.78 is 7.05. The van der Waals surface area contributed by atoms with E-state index in [1.54, 1.807) is 11.3 Å². The lowest BCUT2D eigenvalue weighted by Gasteiger charge is -2.03. The van der Waals surface area contributed by atoms with Gasteiger partial charge in [0.25, 0.3) is 0 Å². The normalized spacial score (nSPS) is 10.8. The van der Waals surface area contributed by atoms with E-state index in [1.807, 2.05) is 30.3 Å². The summed E-state index contributed by atoms with van der Waals surface area (Å²) in [7, 11) is 0. The predicted octanol–water partition coefficient (Wildman–Crippen LogP) is 3.94. The van der Waals surface area contributed by atoms with Crippen molar-refractivity contribution in [3.05, 3.63) is 65.0 Å². The number of ether oxygens (including phenoxy) is 1. The molecule has 0 saturated carbocycles. The molecule has 0 atom stereocenters. The van der Waals surface area contributed by atoms with Crippen LogP contribution in [-0.4, -0.2) is 0 Å². The van der Waals surface area contributed by atoms with Gasteiger partial charge in [-0.15, -0.1) is 11.3 Å². The van der Waals surface area contributed by atoms with Gasteiger partial charge in [-0.05, 0) is 35.2 Å². The van der Waals surface area contributed by atoms with E-state index in [0.29, 0.717) is 13.2 Å². The van der Waals surface area contributed by atoms with Gasteiger partial charge in [0, 0.05) is 16.1 Å². The van der Waals surface area contributed by atoms with Gasteiger partial charge in [0.05, 0.1) is 0 Å². The van der Waals surface area contributed by atoms with Crippen LogP contribution in [0.2, 0.25) is 0 Å². The van der Waals surface area contributed by atoms with Crippen molar-refractivity contribution >= 4 is 21.4 Å². The van der Waals surface area contributed by atoms with Crippen LogP contribution < -0.4 is 10.5 Å². The summed E-state index contributed by atoms with van der Waals surface area (Å²) in [6.07, 6.45) is 0. The first-order chi connectivity index (χ1) is 9.36. The van der Waals surface area contributed by atoms with Crippen LogP contribution in [0.15, 0.2) is 54.6 Å². The van der Waals surface area contributed by atoms with Gasteiger partial charge in [-0.1, -0.05) is 30.3 Å². The van der Waals surface area contributed by atoms with E-state index < -0.39 is 0 Å². The lowest BCUT2D eigenvalue weighted by atomic mass is 10.1. The molecular formula is C16H15NOS. The Morgan fingerprint density at radius 2 is 1.84 bits per heavy atom. The van der Waals surface area contributed by atoms with Crippen LogP contribution in [0.1, 0.15) is 10.4 Å². The lowest BCUT2D eigenvalue weighted by molar-refractivity contribution is 0.310. The van der Waals surface area contributed by atoms with Gasteiger partial charge < -0.3 is 10.5 Å². The average Bonchev–Trinajstić information content (AvgIpc) is 2.89. The van der Waals surface area contributed by atoms with Crippen molar-refractivity contribution in [2.45, 2.75) is 13.2 Å². The topological polar surface area (TPSA) is 35.2 Å². The molecule has 0 aliphatic rings. The Hall–Kier alpha value is -1.84. The summed E-state index contributed by atoms with van der Waals surface area (Å²) in [6.45, 7) is 1.18. The minimum atomic E-state index is 0.576. The quantitative estimate of drug-likeness (QED) is 0.778. The van der Waals surface area contributed by atoms with E-state index in [1.165, 1.54) is 20.5 Å². The minimum absolute atomic E-state index is 0.576. The third-order valence-electron chi connectivity index (χ3n) is 3.05. The Labute approximate surface area is 116 Å². The number of rotatable bonds is 4. The van der Waals surface area contributed by atoms with E-state index in [0.717, 1.165) is 5.75 Å². The summed E-state index contributed by atoms with van der Waals surface area (Å²) in [5.74, 6) is 0.902. The Kier molecular flexibility index (Phi) is 3.49. The maximum atomic E-state index is 5.77. The maximum absolute atomic E-state index is 5.77. The molecule has 3 rings (SSSR count). The highest BCUT2D eigenvalue weighted by Gasteiger charge is 2.05. The second kappa shape index (κ2) is 5.43. The molecule has 1 heterocycles. The summed E-state index contributed by atoms with van der Waals surface area (Å²) in [4.78, 5) is 1.22. The van der Waals surface area contributed by atoms with Crippen molar-refractivity contribution in [2.75, 3.05) is 0 Å². The van der Waals surface area contributed by atoms with Gasteiger partial charge in [0.2, 0.25) is 0 Å². The van der Waals surface area contributed by atoms with Gasteiger partial charge in [-0.2, -0.15) is 0 Å². The third kappa shape index (κ3) is 2.62. The van der Waals surface area contributed by atoms with Crippen LogP contribution in [0, 0.1) is 0 Å². The van der Waals surface area contributed by atoms with Crippen molar-refractivity contribution in [1.29, 1.82) is 0 Å². The first-order valence-electron chi connectivity index (χ1n) is 6.25. The van der Waals surface area contributed by atoms with Gasteiger partial charge in [-0.25, -0.2) is 0 Å². The van der Waals surface area contributed by atoms with Crippen molar-refractivity contribution in [3.63, 3.8) is 0 Å². The fourth-order valence-electron chi connectivity index (χ4n) is 2.09. The number of fused-ring (bicyclic) bond motifs is 1. The molecule has 0 aliphatic carbocycles. The zero-order valence-electron chi connectivity index (χ0n) is 10.5. The van der Waals surface area contributed by atoms with Crippen LogP contribution in [0.25, 0.3) is 10.1 Å². The van der Waals surface area contributed by atoms with Crippen molar-refractivity contribution in [1.82, 2.24) is 0 Å². The highest BCUT2D eigenvalue weighted by atomic mass is 32.1. The van der Waals surface area contributed by atoms with E-state index in [2.05, 4.69) is 24.3 Å². The van der Waals surface area contributed by atoms with Crippen molar-refractivity contribution in [2.24, 2.45) is 5.73 Å². The molecule has 0 spiro atoms. The Morgan fingerprint density at radius 3 is 2.63 bits per heavy atom. The summed E-state index contributed by atoms with van der Waals surface area (Å²) in [5.41, 5.74) is 6.96.